The monoisotopic (exact) mass is 266 g/mol. The van der Waals surface area contributed by atoms with Crippen molar-refractivity contribution in [1.82, 2.24) is 10.2 Å². The molecule has 1 aliphatic heterocycles. The Bertz CT molecular complexity index is 469. The van der Waals surface area contributed by atoms with Gasteiger partial charge in [0.05, 0.1) is 0 Å². The summed E-state index contributed by atoms with van der Waals surface area (Å²) in [6.45, 7) is 4.72. The smallest absolute Gasteiger partial charge is 0.371 e. The Hall–Kier alpha value is -1.82. The first kappa shape index (κ1) is 13.6. The number of likely N-dealkylation sites (tertiary alicyclic amines) is 1. The molecular formula is C13H18N2O4. The van der Waals surface area contributed by atoms with E-state index in [-0.39, 0.29) is 17.4 Å². The lowest BCUT2D eigenvalue weighted by molar-refractivity contribution is 0.0659. The van der Waals surface area contributed by atoms with E-state index in [0.29, 0.717) is 12.6 Å². The van der Waals surface area contributed by atoms with Crippen LogP contribution in [0.2, 0.25) is 0 Å². The molecule has 1 amide bonds. The highest BCUT2D eigenvalue weighted by Crippen LogP contribution is 2.16. The fraction of sp³-hybridized carbons (Fsp3) is 0.538. The van der Waals surface area contributed by atoms with Crippen molar-refractivity contribution < 1.29 is 19.1 Å². The normalized spacial score (nSPS) is 19.5. The second kappa shape index (κ2) is 5.88. The van der Waals surface area contributed by atoms with Gasteiger partial charge < -0.3 is 14.8 Å². The second-order valence-corrected chi connectivity index (χ2v) is 4.60. The molecule has 1 saturated heterocycles. The molecule has 6 nitrogen and oxygen atoms in total. The number of carbonyl (C=O) groups excluding carboxylic acids is 1. The summed E-state index contributed by atoms with van der Waals surface area (Å²) in [6, 6.07) is 3.03. The van der Waals surface area contributed by atoms with Crippen LogP contribution in [0.5, 0.6) is 0 Å². The number of carboxylic acid groups (broad SMARTS) is 1. The number of carbonyl (C=O) groups is 2. The third-order valence-corrected chi connectivity index (χ3v) is 3.44. The molecule has 2 heterocycles. The van der Waals surface area contributed by atoms with E-state index < -0.39 is 5.97 Å². The first-order valence-electron chi connectivity index (χ1n) is 6.47. The molecule has 2 rings (SSSR count). The zero-order chi connectivity index (χ0) is 13.8. The summed E-state index contributed by atoms with van der Waals surface area (Å²) in [5.41, 5.74) is 0. The Morgan fingerprint density at radius 2 is 2.21 bits per heavy atom. The zero-order valence-corrected chi connectivity index (χ0v) is 10.9. The molecule has 104 valence electrons. The highest BCUT2D eigenvalue weighted by Gasteiger charge is 2.24. The minimum absolute atomic E-state index is 0.0402. The van der Waals surface area contributed by atoms with E-state index in [0.717, 1.165) is 25.9 Å². The first-order chi connectivity index (χ1) is 9.11. The van der Waals surface area contributed by atoms with Crippen molar-refractivity contribution >= 4 is 11.9 Å². The van der Waals surface area contributed by atoms with Crippen molar-refractivity contribution in [2.75, 3.05) is 19.6 Å². The molecule has 0 saturated carbocycles. The van der Waals surface area contributed by atoms with E-state index >= 15 is 0 Å². The molecule has 2 N–H and O–H groups in total. The molecule has 1 unspecified atom stereocenters. The Morgan fingerprint density at radius 3 is 2.84 bits per heavy atom. The van der Waals surface area contributed by atoms with Crippen molar-refractivity contribution in [1.29, 1.82) is 0 Å². The lowest BCUT2D eigenvalue weighted by atomic mass is 10.2. The Kier molecular flexibility index (Phi) is 4.21. The number of hydrogen-bond acceptors (Lipinski definition) is 4. The van der Waals surface area contributed by atoms with Gasteiger partial charge in [-0.05, 0) is 38.1 Å². The largest absolute Gasteiger partial charge is 0.475 e. The molecule has 0 aromatic carbocycles. The summed E-state index contributed by atoms with van der Waals surface area (Å²) < 4.78 is 4.95. The van der Waals surface area contributed by atoms with Gasteiger partial charge >= 0.3 is 5.97 Å². The summed E-state index contributed by atoms with van der Waals surface area (Å²) in [7, 11) is 0. The average Bonchev–Trinajstić information content (AvgIpc) is 3.04. The molecule has 1 fully saturated rings. The molecular weight excluding hydrogens is 248 g/mol. The quantitative estimate of drug-likeness (QED) is 0.836. The summed E-state index contributed by atoms with van der Waals surface area (Å²) in [5, 5.41) is 11.5. The maximum atomic E-state index is 11.8. The average molecular weight is 266 g/mol. The van der Waals surface area contributed by atoms with Crippen LogP contribution in [-0.2, 0) is 0 Å². The van der Waals surface area contributed by atoms with Crippen LogP contribution in [0.15, 0.2) is 16.5 Å². The summed E-state index contributed by atoms with van der Waals surface area (Å²) in [4.78, 5) is 24.8. The van der Waals surface area contributed by atoms with Gasteiger partial charge in [-0.1, -0.05) is 6.92 Å². The number of hydrogen-bond donors (Lipinski definition) is 2. The van der Waals surface area contributed by atoms with Gasteiger partial charge in [-0.3, -0.25) is 9.69 Å². The summed E-state index contributed by atoms with van der Waals surface area (Å²) >= 11 is 0. The molecule has 1 aromatic heterocycles. The standard InChI is InChI=1S/C13H18N2O4/c1-2-15-7-3-4-9(15)8-14-12(16)10-5-6-11(19-10)13(17)18/h5-6,9H,2-4,7-8H2,1H3,(H,14,16)(H,17,18). The maximum Gasteiger partial charge on any atom is 0.371 e. The Labute approximate surface area is 111 Å². The third-order valence-electron chi connectivity index (χ3n) is 3.44. The van der Waals surface area contributed by atoms with Crippen molar-refractivity contribution in [2.45, 2.75) is 25.8 Å². The number of aromatic carboxylic acids is 1. The fourth-order valence-corrected chi connectivity index (χ4v) is 2.42. The SMILES string of the molecule is CCN1CCCC1CNC(=O)c1ccc(C(=O)O)o1. The van der Waals surface area contributed by atoms with Crippen LogP contribution in [0.4, 0.5) is 0 Å². The van der Waals surface area contributed by atoms with E-state index in [1.807, 2.05) is 0 Å². The van der Waals surface area contributed by atoms with Gasteiger partial charge in [0.1, 0.15) is 0 Å². The fourth-order valence-electron chi connectivity index (χ4n) is 2.42. The van der Waals surface area contributed by atoms with E-state index in [9.17, 15) is 9.59 Å². The number of amides is 1. The van der Waals surface area contributed by atoms with Crippen LogP contribution in [0, 0.1) is 0 Å². The van der Waals surface area contributed by atoms with Crippen LogP contribution >= 0.6 is 0 Å². The minimum atomic E-state index is -1.17. The molecule has 6 heteroatoms. The lowest BCUT2D eigenvalue weighted by Crippen LogP contribution is -2.39. The van der Waals surface area contributed by atoms with Crippen molar-refractivity contribution in [3.05, 3.63) is 23.7 Å². The number of rotatable bonds is 5. The second-order valence-electron chi connectivity index (χ2n) is 4.60. The minimum Gasteiger partial charge on any atom is -0.475 e. The zero-order valence-electron chi connectivity index (χ0n) is 10.9. The highest BCUT2D eigenvalue weighted by molar-refractivity contribution is 5.93. The molecule has 1 atom stereocenters. The predicted molar refractivity (Wildman–Crippen MR) is 68.3 cm³/mol. The van der Waals surface area contributed by atoms with E-state index in [1.165, 1.54) is 12.1 Å². The molecule has 0 spiro atoms. The van der Waals surface area contributed by atoms with Gasteiger partial charge in [0.25, 0.3) is 5.91 Å². The Morgan fingerprint density at radius 1 is 1.47 bits per heavy atom. The topological polar surface area (TPSA) is 82.8 Å². The summed E-state index contributed by atoms with van der Waals surface area (Å²) in [6.07, 6.45) is 2.23. The number of carboxylic acids is 1. The lowest BCUT2D eigenvalue weighted by Gasteiger charge is -2.22. The van der Waals surface area contributed by atoms with Crippen LogP contribution in [-0.4, -0.2) is 47.6 Å². The molecule has 19 heavy (non-hydrogen) atoms. The van der Waals surface area contributed by atoms with Gasteiger partial charge in [0.2, 0.25) is 5.76 Å². The van der Waals surface area contributed by atoms with Crippen molar-refractivity contribution in [3.8, 4) is 0 Å². The number of furan rings is 1. The van der Waals surface area contributed by atoms with Crippen LogP contribution in [0.25, 0.3) is 0 Å². The van der Waals surface area contributed by atoms with Crippen LogP contribution < -0.4 is 5.32 Å². The van der Waals surface area contributed by atoms with Gasteiger partial charge in [0.15, 0.2) is 5.76 Å². The van der Waals surface area contributed by atoms with E-state index in [2.05, 4.69) is 17.1 Å². The van der Waals surface area contributed by atoms with Crippen molar-refractivity contribution in [2.24, 2.45) is 0 Å². The third kappa shape index (κ3) is 3.14. The molecule has 1 aliphatic rings. The van der Waals surface area contributed by atoms with Crippen LogP contribution in [0.1, 0.15) is 40.9 Å². The number of likely N-dealkylation sites (N-methyl/N-ethyl adjacent to an activating group) is 1. The van der Waals surface area contributed by atoms with Gasteiger partial charge in [-0.15, -0.1) is 0 Å². The number of nitrogens with one attached hydrogen (secondary N) is 1. The molecule has 0 bridgehead atoms. The van der Waals surface area contributed by atoms with Gasteiger partial charge in [-0.2, -0.15) is 0 Å². The van der Waals surface area contributed by atoms with Gasteiger partial charge in [0, 0.05) is 12.6 Å². The highest BCUT2D eigenvalue weighted by atomic mass is 16.4. The molecule has 0 aliphatic carbocycles. The maximum absolute atomic E-state index is 11.8. The van der Waals surface area contributed by atoms with Crippen molar-refractivity contribution in [3.63, 3.8) is 0 Å². The molecule has 0 radical (unpaired) electrons. The van der Waals surface area contributed by atoms with Gasteiger partial charge in [-0.25, -0.2) is 4.79 Å². The molecule has 1 aromatic rings. The Balaban J connectivity index is 1.88. The van der Waals surface area contributed by atoms with Crippen LogP contribution in [0.3, 0.4) is 0 Å². The predicted octanol–water partition coefficient (Wildman–Crippen LogP) is 1.19. The summed E-state index contributed by atoms with van der Waals surface area (Å²) in [5.74, 6) is -1.72. The van der Waals surface area contributed by atoms with E-state index in [1.54, 1.807) is 0 Å². The number of nitrogens with zero attached hydrogens (tertiary/aromatic N) is 1. The van der Waals surface area contributed by atoms with E-state index in [4.69, 9.17) is 9.52 Å². The first-order valence-corrected chi connectivity index (χ1v) is 6.47.